The Morgan fingerprint density at radius 3 is 2.54 bits per heavy atom. The molecule has 0 aliphatic carbocycles. The first-order valence-electron chi connectivity index (χ1n) is 9.44. The van der Waals surface area contributed by atoms with Gasteiger partial charge in [0.1, 0.15) is 11.9 Å². The molecule has 1 N–H and O–H groups in total. The molecule has 28 heavy (non-hydrogen) atoms. The van der Waals surface area contributed by atoms with E-state index in [1.165, 1.54) is 31.4 Å². The minimum absolute atomic E-state index is 0.0571. The number of carbonyl (C=O) groups excluding carboxylic acids is 2. The Balaban J connectivity index is 1.77. The highest BCUT2D eigenvalue weighted by Crippen LogP contribution is 2.31. The zero-order valence-electron chi connectivity index (χ0n) is 16.4. The molecule has 1 heterocycles. The van der Waals surface area contributed by atoms with E-state index in [0.29, 0.717) is 12.2 Å². The number of methoxy groups -OCH3 is 1. The predicted molar refractivity (Wildman–Crippen MR) is 107 cm³/mol. The second-order valence-corrected chi connectivity index (χ2v) is 7.08. The first-order valence-corrected chi connectivity index (χ1v) is 9.44. The quantitative estimate of drug-likeness (QED) is 0.851. The van der Waals surface area contributed by atoms with Gasteiger partial charge in [-0.05, 0) is 68.1 Å². The van der Waals surface area contributed by atoms with Crippen molar-refractivity contribution < 1.29 is 18.7 Å². The van der Waals surface area contributed by atoms with Crippen molar-refractivity contribution in [1.29, 1.82) is 0 Å². The monoisotopic (exact) mass is 384 g/mol. The van der Waals surface area contributed by atoms with E-state index in [4.69, 9.17) is 4.74 Å². The van der Waals surface area contributed by atoms with Crippen molar-refractivity contribution in [2.75, 3.05) is 23.9 Å². The fourth-order valence-electron chi connectivity index (χ4n) is 3.37. The highest BCUT2D eigenvalue weighted by molar-refractivity contribution is 5.98. The van der Waals surface area contributed by atoms with Gasteiger partial charge >= 0.3 is 0 Å². The average molecular weight is 384 g/mol. The van der Waals surface area contributed by atoms with Gasteiger partial charge in [0.2, 0.25) is 5.91 Å². The normalized spacial score (nSPS) is 15.5. The Bertz CT molecular complexity index is 867. The van der Waals surface area contributed by atoms with Gasteiger partial charge in [-0.2, -0.15) is 0 Å². The van der Waals surface area contributed by atoms with Crippen molar-refractivity contribution in [2.24, 2.45) is 0 Å². The molecule has 2 aromatic carbocycles. The van der Waals surface area contributed by atoms with Crippen LogP contribution in [0.4, 0.5) is 15.8 Å². The van der Waals surface area contributed by atoms with Crippen LogP contribution in [0, 0.1) is 5.82 Å². The summed E-state index contributed by atoms with van der Waals surface area (Å²) in [6.07, 6.45) is 1.24. The van der Waals surface area contributed by atoms with Crippen LogP contribution in [0.1, 0.15) is 37.3 Å². The smallest absolute Gasteiger partial charge is 0.255 e. The minimum atomic E-state index is -0.494. The van der Waals surface area contributed by atoms with Gasteiger partial charge in [-0.3, -0.25) is 9.59 Å². The Morgan fingerprint density at radius 2 is 1.86 bits per heavy atom. The van der Waals surface area contributed by atoms with Crippen LogP contribution in [-0.4, -0.2) is 31.6 Å². The number of fused-ring (bicyclic) bond motifs is 1. The molecule has 2 aromatic rings. The molecule has 0 spiro atoms. The number of amides is 2. The maximum absolute atomic E-state index is 13.0. The number of aryl methyl sites for hydroxylation is 1. The lowest BCUT2D eigenvalue weighted by molar-refractivity contribution is -0.127. The zero-order chi connectivity index (χ0) is 20.3. The molecular formula is C22H25FN2O3. The van der Waals surface area contributed by atoms with E-state index in [-0.39, 0.29) is 23.5 Å². The van der Waals surface area contributed by atoms with Gasteiger partial charge in [0.15, 0.2) is 0 Å². The lowest BCUT2D eigenvalue weighted by atomic mass is 9.93. The summed E-state index contributed by atoms with van der Waals surface area (Å²) in [6.45, 7) is 4.24. The molecule has 0 saturated carbocycles. The highest BCUT2D eigenvalue weighted by atomic mass is 19.1. The molecule has 2 amide bonds. The zero-order valence-corrected chi connectivity index (χ0v) is 16.4. The summed E-state index contributed by atoms with van der Waals surface area (Å²) < 4.78 is 18.2. The summed E-state index contributed by atoms with van der Waals surface area (Å²) in [5.74, 6) is -0.941. The molecule has 5 nitrogen and oxygen atoms in total. The standard InChI is InChI=1S/C22H25FN2O3/c1-14(21(26)24-19-9-7-18(23)8-10-19)16-6-11-20-17(13-16)5-4-12-25(20)22(27)15(2)28-3/h6-11,13-15H,4-5,12H2,1-3H3,(H,24,26). The molecule has 0 aromatic heterocycles. The molecule has 1 aliphatic rings. The lowest BCUT2D eigenvalue weighted by Gasteiger charge is -2.31. The second kappa shape index (κ2) is 8.52. The van der Waals surface area contributed by atoms with Crippen LogP contribution in [0.15, 0.2) is 42.5 Å². The van der Waals surface area contributed by atoms with Crippen LogP contribution in [-0.2, 0) is 20.7 Å². The van der Waals surface area contributed by atoms with Gasteiger partial charge in [-0.1, -0.05) is 12.1 Å². The van der Waals surface area contributed by atoms with E-state index in [2.05, 4.69) is 5.32 Å². The van der Waals surface area contributed by atoms with Crippen molar-refractivity contribution in [3.8, 4) is 0 Å². The first-order chi connectivity index (χ1) is 13.4. The molecule has 3 rings (SSSR count). The number of anilines is 2. The Hall–Kier alpha value is -2.73. The maximum atomic E-state index is 13.0. The molecule has 1 aliphatic heterocycles. The fourth-order valence-corrected chi connectivity index (χ4v) is 3.37. The van der Waals surface area contributed by atoms with Crippen molar-refractivity contribution in [2.45, 2.75) is 38.7 Å². The number of nitrogens with one attached hydrogen (secondary N) is 1. The average Bonchev–Trinajstić information content (AvgIpc) is 2.72. The third kappa shape index (κ3) is 4.22. The number of hydrogen-bond donors (Lipinski definition) is 1. The number of ether oxygens (including phenoxy) is 1. The van der Waals surface area contributed by atoms with Gasteiger partial charge in [0.05, 0.1) is 5.92 Å². The van der Waals surface area contributed by atoms with Crippen molar-refractivity contribution in [1.82, 2.24) is 0 Å². The van der Waals surface area contributed by atoms with Crippen LogP contribution in [0.3, 0.4) is 0 Å². The number of rotatable bonds is 5. The van der Waals surface area contributed by atoms with Crippen molar-refractivity contribution in [3.05, 3.63) is 59.4 Å². The van der Waals surface area contributed by atoms with E-state index in [0.717, 1.165) is 29.7 Å². The number of carbonyl (C=O) groups is 2. The fraction of sp³-hybridized carbons (Fsp3) is 0.364. The van der Waals surface area contributed by atoms with E-state index < -0.39 is 6.10 Å². The summed E-state index contributed by atoms with van der Waals surface area (Å²) in [5, 5.41) is 2.81. The lowest BCUT2D eigenvalue weighted by Crippen LogP contribution is -2.41. The topological polar surface area (TPSA) is 58.6 Å². The molecule has 2 unspecified atom stereocenters. The molecule has 6 heteroatoms. The van der Waals surface area contributed by atoms with E-state index in [1.54, 1.807) is 11.8 Å². The van der Waals surface area contributed by atoms with Gasteiger partial charge < -0.3 is 15.0 Å². The predicted octanol–water partition coefficient (Wildman–Crippen LogP) is 3.88. The maximum Gasteiger partial charge on any atom is 0.255 e. The summed E-state index contributed by atoms with van der Waals surface area (Å²) in [6, 6.07) is 11.5. The summed E-state index contributed by atoms with van der Waals surface area (Å²) in [4.78, 5) is 26.9. The number of benzene rings is 2. The molecule has 0 saturated heterocycles. The van der Waals surface area contributed by atoms with Crippen LogP contribution < -0.4 is 10.2 Å². The van der Waals surface area contributed by atoms with E-state index in [1.807, 2.05) is 25.1 Å². The minimum Gasteiger partial charge on any atom is -0.372 e. The summed E-state index contributed by atoms with van der Waals surface area (Å²) in [5.41, 5.74) is 3.38. The van der Waals surface area contributed by atoms with Gasteiger partial charge in [-0.15, -0.1) is 0 Å². The third-order valence-electron chi connectivity index (χ3n) is 5.19. The third-order valence-corrected chi connectivity index (χ3v) is 5.19. The van der Waals surface area contributed by atoms with E-state index in [9.17, 15) is 14.0 Å². The Labute approximate surface area is 164 Å². The van der Waals surface area contributed by atoms with Gasteiger partial charge in [-0.25, -0.2) is 4.39 Å². The van der Waals surface area contributed by atoms with E-state index >= 15 is 0 Å². The molecule has 2 atom stereocenters. The molecule has 0 bridgehead atoms. The second-order valence-electron chi connectivity index (χ2n) is 7.08. The van der Waals surface area contributed by atoms with Crippen LogP contribution in [0.25, 0.3) is 0 Å². The van der Waals surface area contributed by atoms with Gasteiger partial charge in [0.25, 0.3) is 5.91 Å². The molecule has 148 valence electrons. The highest BCUT2D eigenvalue weighted by Gasteiger charge is 2.27. The first kappa shape index (κ1) is 20.0. The van der Waals surface area contributed by atoms with Crippen LogP contribution in [0.5, 0.6) is 0 Å². The van der Waals surface area contributed by atoms with Crippen molar-refractivity contribution >= 4 is 23.2 Å². The van der Waals surface area contributed by atoms with Gasteiger partial charge in [0, 0.05) is 25.0 Å². The summed E-state index contributed by atoms with van der Waals surface area (Å²) in [7, 11) is 1.53. The summed E-state index contributed by atoms with van der Waals surface area (Å²) >= 11 is 0. The van der Waals surface area contributed by atoms with Crippen LogP contribution >= 0.6 is 0 Å². The Kier molecular flexibility index (Phi) is 6.09. The molecular weight excluding hydrogens is 359 g/mol. The number of nitrogens with zero attached hydrogens (tertiary/aromatic N) is 1. The SMILES string of the molecule is COC(C)C(=O)N1CCCc2cc(C(C)C(=O)Nc3ccc(F)cc3)ccc21. The number of hydrogen-bond acceptors (Lipinski definition) is 3. The van der Waals surface area contributed by atoms with Crippen molar-refractivity contribution in [3.63, 3.8) is 0 Å². The molecule has 0 radical (unpaired) electrons. The number of halogens is 1. The largest absolute Gasteiger partial charge is 0.372 e. The Morgan fingerprint density at radius 1 is 1.14 bits per heavy atom. The molecule has 0 fully saturated rings. The van der Waals surface area contributed by atoms with Crippen LogP contribution in [0.2, 0.25) is 0 Å².